The Labute approximate surface area is 187 Å². The van der Waals surface area contributed by atoms with Gasteiger partial charge >= 0.3 is 0 Å². The highest BCUT2D eigenvalue weighted by Gasteiger charge is 2.20. The van der Waals surface area contributed by atoms with Crippen LogP contribution in [0.2, 0.25) is 5.02 Å². The van der Waals surface area contributed by atoms with Gasteiger partial charge in [-0.3, -0.25) is 14.7 Å². The van der Waals surface area contributed by atoms with Gasteiger partial charge in [-0.05, 0) is 44.5 Å². The standard InChI is InChI=1S/C19H21ClN6O2S2/c1-5-8-26-17(12(3)28-14-6-7-15(20)11(2)9-14)23-25-19(26)29-10-16(27)21-18-24-22-13(4)30-18/h5-7,9,12H,1,8,10H2,2-4H3,(H,21,24,27). The van der Waals surface area contributed by atoms with Gasteiger partial charge in [0.1, 0.15) is 10.8 Å². The molecule has 3 rings (SSSR count). The van der Waals surface area contributed by atoms with Crippen LogP contribution in [0.1, 0.15) is 29.4 Å². The van der Waals surface area contributed by atoms with Gasteiger partial charge in [0.15, 0.2) is 17.1 Å². The molecule has 3 aromatic rings. The van der Waals surface area contributed by atoms with Crippen LogP contribution in [-0.4, -0.2) is 36.6 Å². The number of benzene rings is 1. The van der Waals surface area contributed by atoms with Crippen molar-refractivity contribution < 1.29 is 9.53 Å². The molecule has 0 radical (unpaired) electrons. The molecule has 0 saturated heterocycles. The van der Waals surface area contributed by atoms with Gasteiger partial charge in [-0.1, -0.05) is 40.8 Å². The van der Waals surface area contributed by atoms with Crippen LogP contribution in [0.25, 0.3) is 0 Å². The minimum Gasteiger partial charge on any atom is -0.483 e. The Morgan fingerprint density at radius 3 is 2.83 bits per heavy atom. The van der Waals surface area contributed by atoms with Crippen molar-refractivity contribution in [3.63, 3.8) is 0 Å². The first-order chi connectivity index (χ1) is 14.4. The molecule has 1 N–H and O–H groups in total. The molecule has 158 valence electrons. The van der Waals surface area contributed by atoms with Crippen molar-refractivity contribution in [2.24, 2.45) is 0 Å². The van der Waals surface area contributed by atoms with E-state index in [0.29, 0.717) is 33.4 Å². The number of aryl methyl sites for hydroxylation is 2. The molecule has 1 atom stereocenters. The maximum Gasteiger partial charge on any atom is 0.236 e. The molecular weight excluding hydrogens is 444 g/mol. The third-order valence-corrected chi connectivity index (χ3v) is 6.11. The zero-order valence-electron chi connectivity index (χ0n) is 16.8. The largest absolute Gasteiger partial charge is 0.483 e. The molecule has 0 aliphatic rings. The number of nitrogens with zero attached hydrogens (tertiary/aromatic N) is 5. The van der Waals surface area contributed by atoms with Crippen LogP contribution in [0.5, 0.6) is 5.75 Å². The fourth-order valence-corrected chi connectivity index (χ4v) is 4.07. The van der Waals surface area contributed by atoms with E-state index in [-0.39, 0.29) is 17.8 Å². The molecule has 1 unspecified atom stereocenters. The average molecular weight is 465 g/mol. The van der Waals surface area contributed by atoms with E-state index in [0.717, 1.165) is 10.6 Å². The fourth-order valence-electron chi connectivity index (χ4n) is 2.59. The van der Waals surface area contributed by atoms with Gasteiger partial charge in [0.25, 0.3) is 0 Å². The summed E-state index contributed by atoms with van der Waals surface area (Å²) in [4.78, 5) is 12.2. The molecule has 0 spiro atoms. The third-order valence-electron chi connectivity index (χ3n) is 3.97. The number of amides is 1. The van der Waals surface area contributed by atoms with Gasteiger partial charge in [-0.15, -0.1) is 27.0 Å². The van der Waals surface area contributed by atoms with E-state index in [9.17, 15) is 4.79 Å². The predicted octanol–water partition coefficient (Wildman–Crippen LogP) is 4.46. The van der Waals surface area contributed by atoms with Crippen molar-refractivity contribution in [1.29, 1.82) is 0 Å². The number of carbonyl (C=O) groups is 1. The number of hydrogen-bond acceptors (Lipinski definition) is 8. The van der Waals surface area contributed by atoms with E-state index in [1.54, 1.807) is 12.1 Å². The normalized spacial score (nSPS) is 11.9. The molecule has 0 saturated carbocycles. The molecule has 11 heteroatoms. The number of nitrogens with one attached hydrogen (secondary N) is 1. The summed E-state index contributed by atoms with van der Waals surface area (Å²) in [6.07, 6.45) is 1.39. The van der Waals surface area contributed by atoms with Gasteiger partial charge in [0.2, 0.25) is 11.0 Å². The number of halogens is 1. The lowest BCUT2D eigenvalue weighted by Gasteiger charge is -2.16. The zero-order chi connectivity index (χ0) is 21.7. The molecule has 0 fully saturated rings. The Kier molecular flexibility index (Phi) is 7.46. The van der Waals surface area contributed by atoms with Crippen molar-refractivity contribution in [1.82, 2.24) is 25.0 Å². The van der Waals surface area contributed by atoms with Crippen LogP contribution in [0, 0.1) is 13.8 Å². The molecule has 0 bridgehead atoms. The topological polar surface area (TPSA) is 94.8 Å². The number of thioether (sulfide) groups is 1. The fraction of sp³-hybridized carbons (Fsp3) is 0.316. The Morgan fingerprint density at radius 1 is 1.37 bits per heavy atom. The van der Waals surface area contributed by atoms with E-state index >= 15 is 0 Å². The molecule has 8 nitrogen and oxygen atoms in total. The van der Waals surface area contributed by atoms with Gasteiger partial charge in [0, 0.05) is 11.6 Å². The van der Waals surface area contributed by atoms with Gasteiger partial charge in [-0.2, -0.15) is 0 Å². The highest BCUT2D eigenvalue weighted by molar-refractivity contribution is 7.99. The first kappa shape index (κ1) is 22.3. The second-order valence-corrected chi connectivity index (χ2v) is 8.91. The summed E-state index contributed by atoms with van der Waals surface area (Å²) in [5, 5.41) is 21.6. The third kappa shape index (κ3) is 5.59. The van der Waals surface area contributed by atoms with Gasteiger partial charge in [0.05, 0.1) is 5.75 Å². The number of hydrogen-bond donors (Lipinski definition) is 1. The minimum atomic E-state index is -0.356. The average Bonchev–Trinajstić information content (AvgIpc) is 3.29. The van der Waals surface area contributed by atoms with Crippen LogP contribution < -0.4 is 10.1 Å². The second-order valence-electron chi connectivity index (χ2n) is 6.37. The lowest BCUT2D eigenvalue weighted by molar-refractivity contribution is -0.113. The summed E-state index contributed by atoms with van der Waals surface area (Å²) < 4.78 is 7.91. The maximum atomic E-state index is 12.2. The van der Waals surface area contributed by atoms with Crippen LogP contribution in [0.4, 0.5) is 5.13 Å². The highest BCUT2D eigenvalue weighted by atomic mass is 35.5. The Bertz CT molecular complexity index is 1050. The zero-order valence-corrected chi connectivity index (χ0v) is 19.1. The van der Waals surface area contributed by atoms with E-state index in [1.165, 1.54) is 23.1 Å². The molecule has 2 heterocycles. The summed E-state index contributed by atoms with van der Waals surface area (Å²) in [7, 11) is 0. The molecule has 30 heavy (non-hydrogen) atoms. The minimum absolute atomic E-state index is 0.166. The number of ether oxygens (including phenoxy) is 1. The SMILES string of the molecule is C=CCn1c(SCC(=O)Nc2nnc(C)s2)nnc1C(C)Oc1ccc(Cl)c(C)c1. The van der Waals surface area contributed by atoms with Crippen LogP contribution in [0.3, 0.4) is 0 Å². The maximum absolute atomic E-state index is 12.2. The lowest BCUT2D eigenvalue weighted by Crippen LogP contribution is -2.15. The second kappa shape index (κ2) is 10.1. The summed E-state index contributed by atoms with van der Waals surface area (Å²) in [5.74, 6) is 1.31. The number of allylic oxidation sites excluding steroid dienone is 1. The Morgan fingerprint density at radius 2 is 2.17 bits per heavy atom. The van der Waals surface area contributed by atoms with Crippen molar-refractivity contribution in [2.45, 2.75) is 38.6 Å². The van der Waals surface area contributed by atoms with Crippen molar-refractivity contribution in [2.75, 3.05) is 11.1 Å². The number of rotatable bonds is 9. The number of aromatic nitrogens is 5. The van der Waals surface area contributed by atoms with E-state index in [4.69, 9.17) is 16.3 Å². The molecule has 0 aliphatic heterocycles. The monoisotopic (exact) mass is 464 g/mol. The first-order valence-corrected chi connectivity index (χ1v) is 11.2. The Balaban J connectivity index is 1.68. The quantitative estimate of drug-likeness (QED) is 0.369. The van der Waals surface area contributed by atoms with Crippen LogP contribution in [-0.2, 0) is 11.3 Å². The van der Waals surface area contributed by atoms with Crippen molar-refractivity contribution in [3.05, 3.63) is 52.3 Å². The summed E-state index contributed by atoms with van der Waals surface area (Å²) in [5.41, 5.74) is 0.932. The Hall–Kier alpha value is -2.43. The molecule has 1 aromatic carbocycles. The van der Waals surface area contributed by atoms with E-state index < -0.39 is 0 Å². The van der Waals surface area contributed by atoms with Crippen molar-refractivity contribution in [3.8, 4) is 5.75 Å². The molecule has 1 amide bonds. The van der Waals surface area contributed by atoms with Crippen LogP contribution >= 0.6 is 34.7 Å². The number of anilines is 1. The van der Waals surface area contributed by atoms with E-state index in [1.807, 2.05) is 37.5 Å². The first-order valence-electron chi connectivity index (χ1n) is 9.07. The molecule has 0 aliphatic carbocycles. The van der Waals surface area contributed by atoms with E-state index in [2.05, 4.69) is 32.3 Å². The predicted molar refractivity (Wildman–Crippen MR) is 119 cm³/mol. The van der Waals surface area contributed by atoms with Crippen LogP contribution in [0.15, 0.2) is 36.0 Å². The smallest absolute Gasteiger partial charge is 0.236 e. The van der Waals surface area contributed by atoms with Gasteiger partial charge < -0.3 is 4.74 Å². The highest BCUT2D eigenvalue weighted by Crippen LogP contribution is 2.27. The van der Waals surface area contributed by atoms with Crippen molar-refractivity contribution >= 4 is 45.7 Å². The number of carbonyl (C=O) groups excluding carboxylic acids is 1. The summed E-state index contributed by atoms with van der Waals surface area (Å²) >= 11 is 8.69. The summed E-state index contributed by atoms with van der Waals surface area (Å²) in [6.45, 7) is 9.94. The van der Waals surface area contributed by atoms with Gasteiger partial charge in [-0.25, -0.2) is 0 Å². The molecular formula is C19H21ClN6O2S2. The summed E-state index contributed by atoms with van der Waals surface area (Å²) in [6, 6.07) is 5.49. The lowest BCUT2D eigenvalue weighted by atomic mass is 10.2. The molecule has 2 aromatic heterocycles.